The zero-order valence-electron chi connectivity index (χ0n) is 23.2. The van der Waals surface area contributed by atoms with Crippen LogP contribution in [0, 0.1) is 11.3 Å². The molecular formula is C31H38N4O4S. The van der Waals surface area contributed by atoms with Gasteiger partial charge in [0.15, 0.2) is 5.78 Å². The lowest BCUT2D eigenvalue weighted by Crippen LogP contribution is -2.50. The van der Waals surface area contributed by atoms with E-state index in [9.17, 15) is 18.0 Å². The molecule has 0 aromatic heterocycles. The van der Waals surface area contributed by atoms with Crippen molar-refractivity contribution in [2.45, 2.75) is 63.3 Å². The van der Waals surface area contributed by atoms with Gasteiger partial charge in [-0.05, 0) is 73.3 Å². The molecular weight excluding hydrogens is 524 g/mol. The summed E-state index contributed by atoms with van der Waals surface area (Å²) in [4.78, 5) is 29.4. The molecule has 8 nitrogen and oxygen atoms in total. The molecule has 212 valence electrons. The first kappa shape index (κ1) is 28.1. The number of nitrogens with two attached hydrogens (primary N) is 1. The number of Topliss-reactive ketones (excluding diaryl/α,β-unsaturated/α-hetero) is 1. The predicted molar refractivity (Wildman–Crippen MR) is 157 cm³/mol. The van der Waals surface area contributed by atoms with Gasteiger partial charge in [-0.15, -0.1) is 0 Å². The Morgan fingerprint density at radius 1 is 1.10 bits per heavy atom. The molecule has 40 heavy (non-hydrogen) atoms. The highest BCUT2D eigenvalue weighted by molar-refractivity contribution is 7.89. The number of primary sulfonamides is 1. The molecule has 0 spiro atoms. The second-order valence-electron chi connectivity index (χ2n) is 11.9. The number of anilines is 2. The highest BCUT2D eigenvalue weighted by Crippen LogP contribution is 2.46. The van der Waals surface area contributed by atoms with Crippen molar-refractivity contribution >= 4 is 33.1 Å². The van der Waals surface area contributed by atoms with Gasteiger partial charge in [-0.1, -0.05) is 50.3 Å². The van der Waals surface area contributed by atoms with Crippen LogP contribution in [0.1, 0.15) is 51.5 Å². The summed E-state index contributed by atoms with van der Waals surface area (Å²) in [6, 6.07) is 14.2. The van der Waals surface area contributed by atoms with E-state index < -0.39 is 10.0 Å². The normalized spacial score (nSPS) is 22.2. The maximum absolute atomic E-state index is 13.8. The molecule has 2 unspecified atom stereocenters. The maximum atomic E-state index is 13.8. The average Bonchev–Trinajstić information content (AvgIpc) is 3.03. The summed E-state index contributed by atoms with van der Waals surface area (Å²) in [5.74, 6) is 0.262. The molecule has 1 aliphatic heterocycles. The fraction of sp³-hybridized carbons (Fsp3) is 0.419. The number of carbonyl (C=O) groups excluding carboxylic acids is 2. The van der Waals surface area contributed by atoms with Gasteiger partial charge in [-0.25, -0.2) is 13.6 Å². The Labute approximate surface area is 236 Å². The predicted octanol–water partition coefficient (Wildman–Crippen LogP) is 4.29. The van der Waals surface area contributed by atoms with Crippen molar-refractivity contribution in [3.05, 3.63) is 77.5 Å². The lowest BCUT2D eigenvalue weighted by molar-refractivity contribution is -0.120. The number of rotatable bonds is 7. The van der Waals surface area contributed by atoms with Gasteiger partial charge in [0.05, 0.1) is 28.9 Å². The van der Waals surface area contributed by atoms with E-state index in [-0.39, 0.29) is 40.5 Å². The molecule has 3 aliphatic rings. The highest BCUT2D eigenvalue weighted by atomic mass is 32.2. The Hall–Kier alpha value is -3.43. The Morgan fingerprint density at radius 3 is 2.55 bits per heavy atom. The summed E-state index contributed by atoms with van der Waals surface area (Å²) in [5.41, 5.74) is 4.42. The Kier molecular flexibility index (Phi) is 7.88. The summed E-state index contributed by atoms with van der Waals surface area (Å²) in [6.07, 6.45) is 9.02. The van der Waals surface area contributed by atoms with Gasteiger partial charge < -0.3 is 15.5 Å². The average molecular weight is 563 g/mol. The smallest absolute Gasteiger partial charge is 0.239 e. The third-order valence-corrected chi connectivity index (χ3v) is 9.04. The fourth-order valence-corrected chi connectivity index (χ4v) is 6.78. The minimum Gasteiger partial charge on any atom is -0.357 e. The minimum absolute atomic E-state index is 0.0617. The van der Waals surface area contributed by atoms with Crippen LogP contribution < -0.4 is 20.7 Å². The van der Waals surface area contributed by atoms with Gasteiger partial charge >= 0.3 is 0 Å². The fourth-order valence-electron chi connectivity index (χ4n) is 6.27. The topological polar surface area (TPSA) is 122 Å². The van der Waals surface area contributed by atoms with Gasteiger partial charge in [0.25, 0.3) is 0 Å². The molecule has 0 saturated heterocycles. The molecule has 2 aliphatic carbocycles. The van der Waals surface area contributed by atoms with Gasteiger partial charge in [0.2, 0.25) is 15.9 Å². The maximum Gasteiger partial charge on any atom is 0.239 e. The molecule has 1 amide bonds. The van der Waals surface area contributed by atoms with Crippen molar-refractivity contribution < 1.29 is 18.0 Å². The molecule has 2 atom stereocenters. The Bertz CT molecular complexity index is 1460. The number of sulfonamides is 1. The molecule has 2 aromatic carbocycles. The number of fused-ring (bicyclic) bond motifs is 1. The molecule has 0 fully saturated rings. The van der Waals surface area contributed by atoms with E-state index in [0.29, 0.717) is 19.4 Å². The molecule has 0 bridgehead atoms. The van der Waals surface area contributed by atoms with E-state index in [0.717, 1.165) is 53.9 Å². The number of nitrogens with zero attached hydrogens (tertiary/aromatic N) is 1. The Balaban J connectivity index is 1.40. The highest BCUT2D eigenvalue weighted by Gasteiger charge is 2.43. The molecule has 9 heteroatoms. The third kappa shape index (κ3) is 6.15. The second kappa shape index (κ2) is 11.2. The largest absolute Gasteiger partial charge is 0.357 e. The van der Waals surface area contributed by atoms with Crippen molar-refractivity contribution in [3.8, 4) is 0 Å². The van der Waals surface area contributed by atoms with Crippen LogP contribution in [0.3, 0.4) is 0 Å². The molecule has 0 saturated carbocycles. The van der Waals surface area contributed by atoms with Crippen molar-refractivity contribution in [1.82, 2.24) is 5.32 Å². The van der Waals surface area contributed by atoms with Crippen molar-refractivity contribution in [2.75, 3.05) is 23.3 Å². The summed E-state index contributed by atoms with van der Waals surface area (Å²) in [5, 5.41) is 11.8. The lowest BCUT2D eigenvalue weighted by Gasteiger charge is -2.41. The second-order valence-corrected chi connectivity index (χ2v) is 13.4. The molecule has 4 N–H and O–H groups in total. The van der Waals surface area contributed by atoms with E-state index in [2.05, 4.69) is 41.5 Å². The lowest BCUT2D eigenvalue weighted by atomic mass is 9.71. The Morgan fingerprint density at radius 2 is 1.85 bits per heavy atom. The number of ketones is 1. The van der Waals surface area contributed by atoms with E-state index in [1.54, 1.807) is 12.1 Å². The number of amides is 1. The van der Waals surface area contributed by atoms with Crippen molar-refractivity contribution in [3.63, 3.8) is 0 Å². The molecule has 0 radical (unpaired) electrons. The van der Waals surface area contributed by atoms with Gasteiger partial charge in [0, 0.05) is 24.2 Å². The number of hydrogen-bond acceptors (Lipinski definition) is 6. The van der Waals surface area contributed by atoms with Crippen LogP contribution in [0.5, 0.6) is 0 Å². The van der Waals surface area contributed by atoms with Crippen LogP contribution in [-0.2, 0) is 26.0 Å². The molecule has 1 heterocycles. The number of nitrogens with one attached hydrogen (secondary N) is 2. The van der Waals surface area contributed by atoms with Crippen LogP contribution in [-0.4, -0.2) is 39.2 Å². The zero-order chi connectivity index (χ0) is 28.5. The standard InChI is InChI=1S/C31H38N4O4S/c1-31(2)18-25-29(27(36)19-31)30(22-8-4-3-5-9-22)35(26-11-7-6-10-24(26)34-25)20-28(37)33-17-16-21-12-14-23(15-13-21)40(32,38)39/h3-4,6-7,10-15,22,30,34H,5,8-9,16-20H2,1-2H3,(H,33,37)(H2,32,38,39). The summed E-state index contributed by atoms with van der Waals surface area (Å²) >= 11 is 0. The number of allylic oxidation sites excluding steroid dienone is 3. The monoisotopic (exact) mass is 562 g/mol. The van der Waals surface area contributed by atoms with Crippen LogP contribution in [0.25, 0.3) is 0 Å². The third-order valence-electron chi connectivity index (χ3n) is 8.11. The van der Waals surface area contributed by atoms with Crippen molar-refractivity contribution in [1.29, 1.82) is 0 Å². The van der Waals surface area contributed by atoms with Crippen LogP contribution >= 0.6 is 0 Å². The number of carbonyl (C=O) groups is 2. The summed E-state index contributed by atoms with van der Waals surface area (Å²) < 4.78 is 23.0. The quantitative estimate of drug-likeness (QED) is 0.433. The minimum atomic E-state index is -3.74. The van der Waals surface area contributed by atoms with E-state index in [1.807, 2.05) is 24.3 Å². The SMILES string of the molecule is CC1(C)CC(=O)C2=C(C1)Nc1ccccc1N(CC(=O)NCCc1ccc(S(N)(=O)=O)cc1)C2C1CC=CCC1. The molecule has 2 aromatic rings. The first-order chi connectivity index (χ1) is 19.0. The van der Waals surface area contributed by atoms with Gasteiger partial charge in [-0.2, -0.15) is 0 Å². The van der Waals surface area contributed by atoms with Crippen LogP contribution in [0.15, 0.2) is 76.8 Å². The van der Waals surface area contributed by atoms with Gasteiger partial charge in [0.1, 0.15) is 0 Å². The van der Waals surface area contributed by atoms with Crippen LogP contribution in [0.4, 0.5) is 11.4 Å². The van der Waals surface area contributed by atoms with E-state index >= 15 is 0 Å². The van der Waals surface area contributed by atoms with Crippen molar-refractivity contribution in [2.24, 2.45) is 16.5 Å². The van der Waals surface area contributed by atoms with Crippen LogP contribution in [0.2, 0.25) is 0 Å². The van der Waals surface area contributed by atoms with Gasteiger partial charge in [-0.3, -0.25) is 9.59 Å². The number of benzene rings is 2. The first-order valence-electron chi connectivity index (χ1n) is 13.9. The number of para-hydroxylation sites is 2. The zero-order valence-corrected chi connectivity index (χ0v) is 24.0. The first-order valence-corrected chi connectivity index (χ1v) is 15.5. The summed E-state index contributed by atoms with van der Waals surface area (Å²) in [7, 11) is -3.74. The molecule has 5 rings (SSSR count). The summed E-state index contributed by atoms with van der Waals surface area (Å²) in [6.45, 7) is 4.80. The van der Waals surface area contributed by atoms with E-state index in [1.165, 1.54) is 12.1 Å². The number of hydrogen-bond donors (Lipinski definition) is 3. The van der Waals surface area contributed by atoms with E-state index in [4.69, 9.17) is 5.14 Å².